The summed E-state index contributed by atoms with van der Waals surface area (Å²) in [6.45, 7) is 0. The molecule has 2 aromatic carbocycles. The number of hydrogen-bond acceptors (Lipinski definition) is 5. The number of methoxy groups -OCH3 is 1. The van der Waals surface area contributed by atoms with Crippen molar-refractivity contribution in [3.8, 4) is 5.75 Å². The van der Waals surface area contributed by atoms with Gasteiger partial charge in [0.1, 0.15) is 5.75 Å². The van der Waals surface area contributed by atoms with Gasteiger partial charge in [0.2, 0.25) is 5.91 Å². The van der Waals surface area contributed by atoms with E-state index in [1.54, 1.807) is 6.07 Å². The molecule has 0 heterocycles. The number of hydrogen-bond donors (Lipinski definition) is 2. The molecule has 0 aliphatic carbocycles. The largest absolute Gasteiger partial charge is 0.507 e. The standard InChI is InChI=1S/C20H24N2O4/c1-26-19(24)11-5-3-2-4-10-18(23)22-21-14-16-13-12-15-8-6-7-9-17(15)20(16)25/h6-9,12-14,25H,2-5,10-11H2,1H3,(H,22,23)/b21-14+. The number of nitrogens with one attached hydrogen (secondary N) is 1. The van der Waals surface area contributed by atoms with E-state index in [4.69, 9.17) is 0 Å². The van der Waals surface area contributed by atoms with Crippen LogP contribution in [0.15, 0.2) is 41.5 Å². The van der Waals surface area contributed by atoms with Crippen LogP contribution in [-0.2, 0) is 14.3 Å². The average Bonchev–Trinajstić information content (AvgIpc) is 2.66. The molecule has 0 atom stereocenters. The van der Waals surface area contributed by atoms with Gasteiger partial charge in [0.15, 0.2) is 0 Å². The molecule has 0 aliphatic rings. The summed E-state index contributed by atoms with van der Waals surface area (Å²) in [5.74, 6) is -0.227. The summed E-state index contributed by atoms with van der Waals surface area (Å²) < 4.78 is 4.57. The molecule has 0 fully saturated rings. The SMILES string of the molecule is COC(=O)CCCCCCC(=O)N/N=C/c1ccc2ccccc2c1O. The lowest BCUT2D eigenvalue weighted by molar-refractivity contribution is -0.140. The molecule has 2 N–H and O–H groups in total. The molecule has 0 aromatic heterocycles. The van der Waals surface area contributed by atoms with Gasteiger partial charge < -0.3 is 9.84 Å². The Morgan fingerprint density at radius 2 is 1.81 bits per heavy atom. The van der Waals surface area contributed by atoms with Crippen LogP contribution in [0.1, 0.15) is 44.1 Å². The molecular formula is C20H24N2O4. The van der Waals surface area contributed by atoms with Crippen LogP contribution in [0.4, 0.5) is 0 Å². The molecule has 2 rings (SSSR count). The van der Waals surface area contributed by atoms with Crippen LogP contribution >= 0.6 is 0 Å². The highest BCUT2D eigenvalue weighted by molar-refractivity contribution is 5.97. The molecule has 0 saturated carbocycles. The van der Waals surface area contributed by atoms with Crippen molar-refractivity contribution in [2.24, 2.45) is 5.10 Å². The van der Waals surface area contributed by atoms with Crippen molar-refractivity contribution in [3.05, 3.63) is 42.0 Å². The summed E-state index contributed by atoms with van der Waals surface area (Å²) in [5.41, 5.74) is 3.02. The number of hydrazone groups is 1. The molecule has 1 amide bonds. The topological polar surface area (TPSA) is 88.0 Å². The normalized spacial score (nSPS) is 11.0. The number of aromatic hydroxyl groups is 1. The molecular weight excluding hydrogens is 332 g/mol. The molecule has 6 nitrogen and oxygen atoms in total. The fourth-order valence-electron chi connectivity index (χ4n) is 2.62. The number of carbonyl (C=O) groups is 2. The van der Waals surface area contributed by atoms with Crippen molar-refractivity contribution < 1.29 is 19.4 Å². The minimum atomic E-state index is -0.200. The zero-order valence-electron chi connectivity index (χ0n) is 14.9. The van der Waals surface area contributed by atoms with Crippen LogP contribution in [0.2, 0.25) is 0 Å². The lowest BCUT2D eigenvalue weighted by Crippen LogP contribution is -2.16. The molecule has 0 unspecified atom stereocenters. The lowest BCUT2D eigenvalue weighted by Gasteiger charge is -2.04. The number of fused-ring (bicyclic) bond motifs is 1. The minimum Gasteiger partial charge on any atom is -0.507 e. The summed E-state index contributed by atoms with van der Waals surface area (Å²) in [4.78, 5) is 22.7. The number of nitrogens with zero attached hydrogens (tertiary/aromatic N) is 1. The van der Waals surface area contributed by atoms with Gasteiger partial charge in [-0.3, -0.25) is 9.59 Å². The maximum Gasteiger partial charge on any atom is 0.305 e. The van der Waals surface area contributed by atoms with E-state index in [9.17, 15) is 14.7 Å². The van der Waals surface area contributed by atoms with E-state index in [2.05, 4.69) is 15.3 Å². The molecule has 0 spiro atoms. The third kappa shape index (κ3) is 5.88. The highest BCUT2D eigenvalue weighted by Crippen LogP contribution is 2.27. The molecule has 138 valence electrons. The zero-order valence-corrected chi connectivity index (χ0v) is 14.9. The van der Waals surface area contributed by atoms with Crippen molar-refractivity contribution in [3.63, 3.8) is 0 Å². The maximum atomic E-state index is 11.8. The first-order valence-electron chi connectivity index (χ1n) is 8.71. The number of benzene rings is 2. The predicted octanol–water partition coefficient (Wildman–Crippen LogP) is 3.51. The molecule has 0 aliphatic heterocycles. The van der Waals surface area contributed by atoms with Gasteiger partial charge >= 0.3 is 5.97 Å². The van der Waals surface area contributed by atoms with Gasteiger partial charge in [0.05, 0.1) is 13.3 Å². The Morgan fingerprint density at radius 1 is 1.08 bits per heavy atom. The van der Waals surface area contributed by atoms with E-state index in [1.807, 2.05) is 30.3 Å². The second kappa shape index (κ2) is 10.2. The van der Waals surface area contributed by atoms with Gasteiger partial charge in [-0.05, 0) is 24.3 Å². The molecule has 0 bridgehead atoms. The number of amides is 1. The van der Waals surface area contributed by atoms with E-state index in [-0.39, 0.29) is 17.6 Å². The lowest BCUT2D eigenvalue weighted by atomic mass is 10.1. The number of esters is 1. The van der Waals surface area contributed by atoms with Crippen molar-refractivity contribution in [2.45, 2.75) is 38.5 Å². The molecule has 26 heavy (non-hydrogen) atoms. The highest BCUT2D eigenvalue weighted by Gasteiger charge is 2.05. The fourth-order valence-corrected chi connectivity index (χ4v) is 2.62. The van der Waals surface area contributed by atoms with Crippen molar-refractivity contribution in [2.75, 3.05) is 7.11 Å². The quantitative estimate of drug-likeness (QED) is 0.311. The van der Waals surface area contributed by atoms with Gasteiger partial charge in [0.25, 0.3) is 0 Å². The Labute approximate surface area is 152 Å². The van der Waals surface area contributed by atoms with Crippen molar-refractivity contribution in [1.29, 1.82) is 0 Å². The number of phenolic OH excluding ortho intramolecular Hbond substituents is 1. The van der Waals surface area contributed by atoms with Crippen molar-refractivity contribution in [1.82, 2.24) is 5.43 Å². The molecule has 2 aromatic rings. The summed E-state index contributed by atoms with van der Waals surface area (Å²) >= 11 is 0. The molecule has 6 heteroatoms. The number of carbonyl (C=O) groups excluding carboxylic acids is 2. The predicted molar refractivity (Wildman–Crippen MR) is 101 cm³/mol. The van der Waals surface area contributed by atoms with Crippen LogP contribution in [0.25, 0.3) is 10.8 Å². The fraction of sp³-hybridized carbons (Fsp3) is 0.350. The van der Waals surface area contributed by atoms with E-state index in [0.717, 1.165) is 36.5 Å². The Bertz CT molecular complexity index is 786. The average molecular weight is 356 g/mol. The van der Waals surface area contributed by atoms with E-state index < -0.39 is 0 Å². The summed E-state index contributed by atoms with van der Waals surface area (Å²) in [6.07, 6.45) is 5.51. The van der Waals surface area contributed by atoms with E-state index in [1.165, 1.54) is 13.3 Å². The monoisotopic (exact) mass is 356 g/mol. The number of phenols is 1. The highest BCUT2D eigenvalue weighted by atomic mass is 16.5. The first kappa shape index (κ1) is 19.4. The van der Waals surface area contributed by atoms with Crippen molar-refractivity contribution >= 4 is 28.9 Å². The van der Waals surface area contributed by atoms with Crippen LogP contribution in [0.5, 0.6) is 5.75 Å². The second-order valence-corrected chi connectivity index (χ2v) is 6.01. The van der Waals surface area contributed by atoms with Gasteiger partial charge in [-0.2, -0.15) is 5.10 Å². The van der Waals surface area contributed by atoms with Gasteiger partial charge in [-0.15, -0.1) is 0 Å². The first-order valence-corrected chi connectivity index (χ1v) is 8.71. The summed E-state index contributed by atoms with van der Waals surface area (Å²) in [5, 5.41) is 15.9. The second-order valence-electron chi connectivity index (χ2n) is 6.01. The third-order valence-electron chi connectivity index (χ3n) is 4.09. The van der Waals surface area contributed by atoms with Gasteiger partial charge in [-0.25, -0.2) is 5.43 Å². The summed E-state index contributed by atoms with van der Waals surface area (Å²) in [6, 6.07) is 11.2. The minimum absolute atomic E-state index is 0.145. The van der Waals surface area contributed by atoms with Crippen LogP contribution in [-0.4, -0.2) is 30.3 Å². The van der Waals surface area contributed by atoms with E-state index >= 15 is 0 Å². The van der Waals surface area contributed by atoms with Gasteiger partial charge in [0, 0.05) is 23.8 Å². The number of unbranched alkanes of at least 4 members (excludes halogenated alkanes) is 3. The Morgan fingerprint density at radius 3 is 2.58 bits per heavy atom. The number of rotatable bonds is 9. The third-order valence-corrected chi connectivity index (χ3v) is 4.09. The smallest absolute Gasteiger partial charge is 0.305 e. The van der Waals surface area contributed by atoms with Crippen LogP contribution in [0, 0.1) is 0 Å². The molecule has 0 saturated heterocycles. The zero-order chi connectivity index (χ0) is 18.8. The summed E-state index contributed by atoms with van der Waals surface area (Å²) in [7, 11) is 1.38. The van der Waals surface area contributed by atoms with Crippen LogP contribution < -0.4 is 5.43 Å². The van der Waals surface area contributed by atoms with E-state index in [0.29, 0.717) is 18.4 Å². The first-order chi connectivity index (χ1) is 12.6. The Hall–Kier alpha value is -2.89. The van der Waals surface area contributed by atoms with Crippen LogP contribution in [0.3, 0.4) is 0 Å². The maximum absolute atomic E-state index is 11.8. The van der Waals surface area contributed by atoms with Gasteiger partial charge in [-0.1, -0.05) is 43.2 Å². The Balaban J connectivity index is 1.72. The Kier molecular flexibility index (Phi) is 7.61. The number of ether oxygens (including phenoxy) is 1. The molecule has 0 radical (unpaired) electrons.